The average molecular weight is 356 g/mol. The van der Waals surface area contributed by atoms with Crippen molar-refractivity contribution in [2.75, 3.05) is 0 Å². The second kappa shape index (κ2) is 5.25. The van der Waals surface area contributed by atoms with E-state index in [2.05, 4.69) is 4.98 Å². The third-order valence-electron chi connectivity index (χ3n) is 5.55. The fraction of sp³-hybridized carbons (Fsp3) is 0.333. The quantitative estimate of drug-likeness (QED) is 0.521. The van der Waals surface area contributed by atoms with Crippen LogP contribution in [-0.4, -0.2) is 43.4 Å². The summed E-state index contributed by atoms with van der Waals surface area (Å²) in [7, 11) is 0. The number of hydrogen-bond acceptors (Lipinski definition) is 7. The highest BCUT2D eigenvalue weighted by Crippen LogP contribution is 2.50. The number of carbonyl (C=O) groups is 3. The predicted molar refractivity (Wildman–Crippen MR) is 87.5 cm³/mol. The van der Waals surface area contributed by atoms with Crippen LogP contribution in [0.3, 0.4) is 0 Å². The molecule has 0 aliphatic heterocycles. The van der Waals surface area contributed by atoms with Gasteiger partial charge in [-0.25, -0.2) is 0 Å². The Morgan fingerprint density at radius 3 is 2.69 bits per heavy atom. The third kappa shape index (κ3) is 1.93. The predicted octanol–water partition coefficient (Wildman–Crippen LogP) is 0.113. The summed E-state index contributed by atoms with van der Waals surface area (Å²) in [6, 6.07) is 3.22. The summed E-state index contributed by atoms with van der Waals surface area (Å²) >= 11 is 0. The van der Waals surface area contributed by atoms with Crippen molar-refractivity contribution in [3.8, 4) is 0 Å². The Morgan fingerprint density at radius 1 is 1.27 bits per heavy atom. The number of carbonyl (C=O) groups excluding carboxylic acids is 3. The molecule has 1 amide bonds. The molecular weight excluding hydrogens is 340 g/mol. The maximum absolute atomic E-state index is 13.1. The molecule has 0 unspecified atom stereocenters. The molecule has 0 aromatic carbocycles. The Balaban J connectivity index is 1.92. The molecule has 3 aliphatic rings. The fourth-order valence-corrected chi connectivity index (χ4v) is 4.32. The van der Waals surface area contributed by atoms with Gasteiger partial charge in [0.2, 0.25) is 5.78 Å². The third-order valence-corrected chi connectivity index (χ3v) is 5.55. The number of amides is 1. The molecule has 0 saturated heterocycles. The zero-order valence-electron chi connectivity index (χ0n) is 13.6. The van der Waals surface area contributed by atoms with Crippen molar-refractivity contribution in [3.63, 3.8) is 0 Å². The van der Waals surface area contributed by atoms with Crippen molar-refractivity contribution >= 4 is 23.2 Å². The Bertz CT molecular complexity index is 947. The van der Waals surface area contributed by atoms with Crippen molar-refractivity contribution in [3.05, 3.63) is 46.5 Å². The van der Waals surface area contributed by atoms with Gasteiger partial charge in [0.1, 0.15) is 17.1 Å². The number of hydrogen-bond donors (Lipinski definition) is 4. The molecular formula is C18H16N2O6. The van der Waals surface area contributed by atoms with E-state index in [0.717, 1.165) is 0 Å². The Labute approximate surface area is 147 Å². The largest absolute Gasteiger partial charge is 0.508 e. The summed E-state index contributed by atoms with van der Waals surface area (Å²) in [4.78, 5) is 41.0. The summed E-state index contributed by atoms with van der Waals surface area (Å²) in [5, 5.41) is 32.0. The second-order valence-corrected chi connectivity index (χ2v) is 6.90. The topological polar surface area (TPSA) is 151 Å². The molecule has 0 spiro atoms. The molecule has 4 rings (SSSR count). The van der Waals surface area contributed by atoms with Gasteiger partial charge < -0.3 is 21.1 Å². The van der Waals surface area contributed by atoms with Crippen LogP contribution in [0.4, 0.5) is 0 Å². The number of pyridine rings is 1. The van der Waals surface area contributed by atoms with E-state index in [1.54, 1.807) is 18.3 Å². The van der Waals surface area contributed by atoms with Gasteiger partial charge in [-0.15, -0.1) is 0 Å². The molecule has 134 valence electrons. The molecule has 1 aromatic heterocycles. The Kier molecular flexibility index (Phi) is 3.32. The Morgan fingerprint density at radius 2 is 2.00 bits per heavy atom. The van der Waals surface area contributed by atoms with Gasteiger partial charge in [-0.05, 0) is 30.9 Å². The highest BCUT2D eigenvalue weighted by atomic mass is 16.3. The molecule has 3 aliphatic carbocycles. The number of aliphatic hydroxyl groups is 3. The van der Waals surface area contributed by atoms with E-state index >= 15 is 0 Å². The number of nitrogens with zero attached hydrogens (tertiary/aromatic N) is 1. The summed E-state index contributed by atoms with van der Waals surface area (Å²) < 4.78 is 0. The maximum atomic E-state index is 13.1. The van der Waals surface area contributed by atoms with Gasteiger partial charge in [0.25, 0.3) is 5.91 Å². The van der Waals surface area contributed by atoms with Crippen LogP contribution in [0.1, 0.15) is 24.1 Å². The summed E-state index contributed by atoms with van der Waals surface area (Å²) in [5.74, 6) is -5.48. The summed E-state index contributed by atoms with van der Waals surface area (Å²) in [5.41, 5.74) is 2.92. The van der Waals surface area contributed by atoms with Gasteiger partial charge in [-0.3, -0.25) is 19.4 Å². The van der Waals surface area contributed by atoms with Crippen LogP contribution < -0.4 is 5.73 Å². The van der Waals surface area contributed by atoms with Crippen LogP contribution in [0.25, 0.3) is 5.76 Å². The molecule has 0 bridgehead atoms. The lowest BCUT2D eigenvalue weighted by Crippen LogP contribution is -2.58. The lowest BCUT2D eigenvalue weighted by atomic mass is 9.59. The average Bonchev–Trinajstić information content (AvgIpc) is 2.58. The van der Waals surface area contributed by atoms with Crippen molar-refractivity contribution in [1.29, 1.82) is 0 Å². The van der Waals surface area contributed by atoms with Crippen LogP contribution in [0, 0.1) is 11.8 Å². The minimum absolute atomic E-state index is 0.0195. The number of rotatable bonds is 1. The maximum Gasteiger partial charge on any atom is 0.255 e. The first-order valence-corrected chi connectivity index (χ1v) is 8.18. The van der Waals surface area contributed by atoms with Crippen LogP contribution in [-0.2, 0) is 20.8 Å². The first kappa shape index (κ1) is 16.5. The Hall–Kier alpha value is -3.00. The molecule has 5 N–H and O–H groups in total. The smallest absolute Gasteiger partial charge is 0.255 e. The molecule has 1 saturated carbocycles. The van der Waals surface area contributed by atoms with E-state index in [1.807, 2.05) is 0 Å². The standard InChI is InChI=1S/C18H16N2O6/c19-17(25)13-11(21)6-8-4-7-5-10-9(2-1-3-20-10)14(22)12(7)15(23)18(8,26)16(13)24/h1-3,7-8,22,24,26H,4-6H2,(H2,19,25)/t7-,8+,18+/m1/s1. The van der Waals surface area contributed by atoms with Crippen molar-refractivity contribution in [1.82, 2.24) is 4.98 Å². The highest BCUT2D eigenvalue weighted by Gasteiger charge is 2.60. The van der Waals surface area contributed by atoms with E-state index in [4.69, 9.17) is 5.73 Å². The first-order chi connectivity index (χ1) is 12.3. The lowest BCUT2D eigenvalue weighted by Gasteiger charge is -2.45. The van der Waals surface area contributed by atoms with E-state index in [9.17, 15) is 29.7 Å². The van der Waals surface area contributed by atoms with Gasteiger partial charge in [-0.1, -0.05) is 0 Å². The molecule has 1 fully saturated rings. The normalized spacial score (nSPS) is 30.7. The molecule has 8 heteroatoms. The van der Waals surface area contributed by atoms with Gasteiger partial charge >= 0.3 is 0 Å². The zero-order valence-corrected chi connectivity index (χ0v) is 13.6. The minimum atomic E-state index is -2.45. The van der Waals surface area contributed by atoms with Gasteiger partial charge in [0, 0.05) is 29.7 Å². The first-order valence-electron chi connectivity index (χ1n) is 8.18. The number of nitrogens with two attached hydrogens (primary N) is 1. The number of primary amides is 1. The van der Waals surface area contributed by atoms with Gasteiger partial charge in [-0.2, -0.15) is 0 Å². The van der Waals surface area contributed by atoms with Crippen LogP contribution >= 0.6 is 0 Å². The van der Waals surface area contributed by atoms with E-state index < -0.39 is 46.2 Å². The summed E-state index contributed by atoms with van der Waals surface area (Å²) in [6.45, 7) is 0. The number of aromatic nitrogens is 1. The number of aliphatic hydroxyl groups excluding tert-OH is 2. The fourth-order valence-electron chi connectivity index (χ4n) is 4.32. The monoisotopic (exact) mass is 356 g/mol. The van der Waals surface area contributed by atoms with E-state index in [0.29, 0.717) is 17.7 Å². The zero-order chi connectivity index (χ0) is 18.8. The summed E-state index contributed by atoms with van der Waals surface area (Å²) in [6.07, 6.45) is 1.84. The molecule has 8 nitrogen and oxygen atoms in total. The van der Waals surface area contributed by atoms with Gasteiger partial charge in [0.05, 0.1) is 5.69 Å². The van der Waals surface area contributed by atoms with Crippen molar-refractivity contribution in [2.45, 2.75) is 24.9 Å². The van der Waals surface area contributed by atoms with Crippen LogP contribution in [0.2, 0.25) is 0 Å². The van der Waals surface area contributed by atoms with Crippen molar-refractivity contribution < 1.29 is 29.7 Å². The molecule has 26 heavy (non-hydrogen) atoms. The van der Waals surface area contributed by atoms with E-state index in [-0.39, 0.29) is 24.2 Å². The number of fused-ring (bicyclic) bond motifs is 3. The highest BCUT2D eigenvalue weighted by molar-refractivity contribution is 6.22. The van der Waals surface area contributed by atoms with E-state index in [1.165, 1.54) is 0 Å². The lowest BCUT2D eigenvalue weighted by molar-refractivity contribution is -0.147. The molecule has 1 heterocycles. The minimum Gasteiger partial charge on any atom is -0.508 e. The second-order valence-electron chi connectivity index (χ2n) is 6.90. The van der Waals surface area contributed by atoms with Crippen LogP contribution in [0.5, 0.6) is 0 Å². The van der Waals surface area contributed by atoms with Gasteiger partial charge in [0.15, 0.2) is 11.4 Å². The van der Waals surface area contributed by atoms with Crippen LogP contribution in [0.15, 0.2) is 35.2 Å². The molecule has 3 atom stereocenters. The molecule has 0 radical (unpaired) electrons. The van der Waals surface area contributed by atoms with Crippen molar-refractivity contribution in [2.24, 2.45) is 17.6 Å². The SMILES string of the molecule is NC(=O)C1=C(O)[C@@]2(O)C(=O)C3=C(O)c4cccnc4C[C@H]3C[C@H]2CC1=O. The number of ketones is 2. The number of Topliss-reactive ketones (excluding diaryl/α,β-unsaturated/α-hetero) is 2. The molecule has 1 aromatic rings.